The van der Waals surface area contributed by atoms with Gasteiger partial charge >= 0.3 is 0 Å². The Morgan fingerprint density at radius 3 is 2.77 bits per heavy atom. The summed E-state index contributed by atoms with van der Waals surface area (Å²) in [6, 6.07) is 0. The van der Waals surface area contributed by atoms with Crippen molar-refractivity contribution in [1.82, 2.24) is 0 Å². The van der Waals surface area contributed by atoms with Gasteiger partial charge in [0, 0.05) is 0 Å². The molecule has 1 N–H and O–H groups in total. The highest BCUT2D eigenvalue weighted by atomic mass is 17.0. The van der Waals surface area contributed by atoms with Crippen LogP contribution in [0, 0.1) is 10.1 Å². The van der Waals surface area contributed by atoms with Gasteiger partial charge < -0.3 is 19.4 Å². The third-order valence-electron chi connectivity index (χ3n) is 2.20. The van der Waals surface area contributed by atoms with Crippen LogP contribution in [0.3, 0.4) is 0 Å². The number of hydrogen-bond acceptors (Lipinski definition) is 6. The summed E-state index contributed by atoms with van der Waals surface area (Å²) >= 11 is 0. The van der Waals surface area contributed by atoms with Gasteiger partial charge in [0.1, 0.15) is 18.3 Å². The molecule has 2 fully saturated rings. The zero-order chi connectivity index (χ0) is 9.42. The summed E-state index contributed by atoms with van der Waals surface area (Å²) in [5.74, 6) is 0. The lowest BCUT2D eigenvalue weighted by atomic mass is 10.1. The highest BCUT2D eigenvalue weighted by Crippen LogP contribution is 2.28. The van der Waals surface area contributed by atoms with Crippen molar-refractivity contribution in [2.75, 3.05) is 13.2 Å². The number of aliphatic hydroxyl groups excluding tert-OH is 1. The Bertz CT molecular complexity index is 221. The summed E-state index contributed by atoms with van der Waals surface area (Å²) in [4.78, 5) is 14.4. The maximum atomic E-state index is 10.0. The molecule has 2 rings (SSSR count). The van der Waals surface area contributed by atoms with Gasteiger partial charge in [0.2, 0.25) is 0 Å². The molecule has 0 bridgehead atoms. The van der Waals surface area contributed by atoms with Gasteiger partial charge in [-0.05, 0) is 0 Å². The minimum absolute atomic E-state index is 0.0906. The molecule has 4 atom stereocenters. The molecule has 2 aliphatic heterocycles. The summed E-state index contributed by atoms with van der Waals surface area (Å²) in [5.41, 5.74) is 0. The number of ether oxygens (including phenoxy) is 2. The molecule has 74 valence electrons. The third-order valence-corrected chi connectivity index (χ3v) is 2.20. The molecule has 2 aliphatic rings. The minimum atomic E-state index is -0.871. The minimum Gasteiger partial charge on any atom is -0.388 e. The Kier molecular flexibility index (Phi) is 2.06. The molecule has 4 unspecified atom stereocenters. The fourth-order valence-electron chi connectivity index (χ4n) is 1.64. The average Bonchev–Trinajstić information content (AvgIpc) is 2.56. The standard InChI is InChI=1S/C6H9NO6/c8-3-1-11-6-4(13-7(9)10)2-12-5(3)6/h3-6,8H,1-2H2. The van der Waals surface area contributed by atoms with Crippen LogP contribution in [0.25, 0.3) is 0 Å². The van der Waals surface area contributed by atoms with Gasteiger partial charge in [-0.3, -0.25) is 0 Å². The molecule has 2 heterocycles. The maximum Gasteiger partial charge on any atom is 0.294 e. The summed E-state index contributed by atoms with van der Waals surface area (Å²) in [6.45, 7) is 0.236. The van der Waals surface area contributed by atoms with Crippen molar-refractivity contribution < 1.29 is 24.5 Å². The molecule has 0 aromatic rings. The predicted molar refractivity (Wildman–Crippen MR) is 37.4 cm³/mol. The second kappa shape index (κ2) is 3.09. The summed E-state index contributed by atoms with van der Waals surface area (Å²) in [6.07, 6.45) is -2.41. The third kappa shape index (κ3) is 1.45. The lowest BCUT2D eigenvalue weighted by Gasteiger charge is -2.12. The van der Waals surface area contributed by atoms with Gasteiger partial charge in [0.25, 0.3) is 5.09 Å². The Hall–Kier alpha value is -0.920. The van der Waals surface area contributed by atoms with Crippen molar-refractivity contribution in [2.24, 2.45) is 0 Å². The Labute approximate surface area is 73.3 Å². The highest BCUT2D eigenvalue weighted by Gasteiger charge is 2.48. The summed E-state index contributed by atoms with van der Waals surface area (Å²) in [7, 11) is 0. The first kappa shape index (κ1) is 8.67. The molecular formula is C6H9NO6. The molecule has 13 heavy (non-hydrogen) atoms. The Morgan fingerprint density at radius 2 is 2.08 bits per heavy atom. The second-order valence-electron chi connectivity index (χ2n) is 3.03. The fraction of sp³-hybridized carbons (Fsp3) is 1.00. The van der Waals surface area contributed by atoms with Crippen LogP contribution in [0.2, 0.25) is 0 Å². The van der Waals surface area contributed by atoms with Gasteiger partial charge in [-0.2, -0.15) is 0 Å². The monoisotopic (exact) mass is 191 g/mol. The van der Waals surface area contributed by atoms with E-state index in [0.29, 0.717) is 0 Å². The molecule has 0 spiro atoms. The zero-order valence-electron chi connectivity index (χ0n) is 6.66. The smallest absolute Gasteiger partial charge is 0.294 e. The molecule has 0 aliphatic carbocycles. The first-order valence-corrected chi connectivity index (χ1v) is 3.91. The molecule has 0 aromatic heterocycles. The van der Waals surface area contributed by atoms with Crippen LogP contribution < -0.4 is 0 Å². The van der Waals surface area contributed by atoms with Crippen molar-refractivity contribution in [3.05, 3.63) is 10.1 Å². The van der Waals surface area contributed by atoms with E-state index in [-0.39, 0.29) is 13.2 Å². The van der Waals surface area contributed by atoms with Crippen molar-refractivity contribution in [3.63, 3.8) is 0 Å². The van der Waals surface area contributed by atoms with Gasteiger partial charge in [0.05, 0.1) is 13.2 Å². The SMILES string of the molecule is O=[N+]([O-])OC1COC2C(O)COC12. The van der Waals surface area contributed by atoms with Crippen LogP contribution in [0.1, 0.15) is 0 Å². The van der Waals surface area contributed by atoms with Gasteiger partial charge in [-0.15, -0.1) is 10.1 Å². The molecule has 0 aromatic carbocycles. The Balaban J connectivity index is 1.98. The first-order chi connectivity index (χ1) is 6.18. The summed E-state index contributed by atoms with van der Waals surface area (Å²) < 4.78 is 10.2. The van der Waals surface area contributed by atoms with E-state index in [1.54, 1.807) is 0 Å². The van der Waals surface area contributed by atoms with Crippen LogP contribution in [0.4, 0.5) is 0 Å². The van der Waals surface area contributed by atoms with E-state index in [2.05, 4.69) is 4.84 Å². The number of rotatable bonds is 2. The van der Waals surface area contributed by atoms with Crippen molar-refractivity contribution in [2.45, 2.75) is 24.4 Å². The normalized spacial score (nSPS) is 43.2. The van der Waals surface area contributed by atoms with E-state index in [0.717, 1.165) is 0 Å². The molecule has 0 radical (unpaired) electrons. The molecule has 7 heteroatoms. The average molecular weight is 191 g/mol. The van der Waals surface area contributed by atoms with Gasteiger partial charge in [0.15, 0.2) is 6.10 Å². The largest absolute Gasteiger partial charge is 0.388 e. The lowest BCUT2D eigenvalue weighted by Crippen LogP contribution is -2.33. The number of nitrogens with zero attached hydrogens (tertiary/aromatic N) is 1. The van der Waals surface area contributed by atoms with E-state index in [4.69, 9.17) is 9.47 Å². The maximum absolute atomic E-state index is 10.0. The quantitative estimate of drug-likeness (QED) is 0.432. The fourth-order valence-corrected chi connectivity index (χ4v) is 1.64. The second-order valence-corrected chi connectivity index (χ2v) is 3.03. The van der Waals surface area contributed by atoms with E-state index in [1.165, 1.54) is 0 Å². The van der Waals surface area contributed by atoms with E-state index in [9.17, 15) is 15.2 Å². The Morgan fingerprint density at radius 1 is 1.38 bits per heavy atom. The number of fused-ring (bicyclic) bond motifs is 1. The van der Waals surface area contributed by atoms with Crippen LogP contribution >= 0.6 is 0 Å². The molecular weight excluding hydrogens is 182 g/mol. The van der Waals surface area contributed by atoms with Crippen molar-refractivity contribution in [3.8, 4) is 0 Å². The lowest BCUT2D eigenvalue weighted by molar-refractivity contribution is -0.769. The molecule has 0 amide bonds. The molecule has 0 saturated carbocycles. The van der Waals surface area contributed by atoms with E-state index in [1.807, 2.05) is 0 Å². The van der Waals surface area contributed by atoms with Crippen LogP contribution in [-0.4, -0.2) is 47.8 Å². The topological polar surface area (TPSA) is 91.1 Å². The zero-order valence-corrected chi connectivity index (χ0v) is 6.66. The van der Waals surface area contributed by atoms with Crippen LogP contribution in [-0.2, 0) is 14.3 Å². The first-order valence-electron chi connectivity index (χ1n) is 3.91. The predicted octanol–water partition coefficient (Wildman–Crippen LogP) is -1.28. The van der Waals surface area contributed by atoms with Crippen LogP contribution in [0.15, 0.2) is 0 Å². The van der Waals surface area contributed by atoms with E-state index >= 15 is 0 Å². The van der Waals surface area contributed by atoms with Gasteiger partial charge in [-0.25, -0.2) is 0 Å². The van der Waals surface area contributed by atoms with Gasteiger partial charge in [-0.1, -0.05) is 0 Å². The van der Waals surface area contributed by atoms with Crippen LogP contribution in [0.5, 0.6) is 0 Å². The number of aliphatic hydroxyl groups is 1. The van der Waals surface area contributed by atoms with E-state index < -0.39 is 29.5 Å². The van der Waals surface area contributed by atoms with Crippen molar-refractivity contribution in [1.29, 1.82) is 0 Å². The molecule has 7 nitrogen and oxygen atoms in total. The number of hydrogen-bond donors (Lipinski definition) is 1. The summed E-state index contributed by atoms with van der Waals surface area (Å²) in [5, 5.41) is 18.4. The highest BCUT2D eigenvalue weighted by molar-refractivity contribution is 4.94. The van der Waals surface area contributed by atoms with Crippen molar-refractivity contribution >= 4 is 0 Å². The molecule has 2 saturated heterocycles.